The summed E-state index contributed by atoms with van der Waals surface area (Å²) in [5.74, 6) is 0. The number of aryl methyl sites for hydroxylation is 2. The van der Waals surface area contributed by atoms with Gasteiger partial charge in [-0.1, -0.05) is 4.98 Å². The van der Waals surface area contributed by atoms with E-state index in [0.29, 0.717) is 6.42 Å². The third-order valence-corrected chi connectivity index (χ3v) is 1.49. The molecule has 0 aliphatic rings. The van der Waals surface area contributed by atoms with Crippen LogP contribution in [0, 0.1) is 0 Å². The molecule has 0 aliphatic heterocycles. The van der Waals surface area contributed by atoms with E-state index in [1.165, 1.54) is 0 Å². The molecule has 0 spiro atoms. The van der Waals surface area contributed by atoms with Crippen LogP contribution in [0.1, 0.15) is 12.1 Å². The minimum atomic E-state index is -0.0112. The maximum atomic E-state index is 10.1. The highest BCUT2D eigenvalue weighted by Crippen LogP contribution is 1.94. The summed E-state index contributed by atoms with van der Waals surface area (Å²) < 4.78 is 1.88. The van der Waals surface area contributed by atoms with Crippen molar-refractivity contribution in [2.75, 3.05) is 6.61 Å². The van der Waals surface area contributed by atoms with E-state index in [-0.39, 0.29) is 6.61 Å². The largest absolute Gasteiger partial charge is 0.286 e. The summed E-state index contributed by atoms with van der Waals surface area (Å²) in [6.07, 6.45) is 5.17. The first-order valence-electron chi connectivity index (χ1n) is 3.71. The number of rotatable bonds is 3. The SMILES string of the molecule is C[n+]1ccc(CCC[O])nc1. The molecular weight excluding hydrogens is 140 g/mol. The second-order valence-corrected chi connectivity index (χ2v) is 2.52. The molecule has 1 aromatic rings. The average Bonchev–Trinajstić information content (AvgIpc) is 2.04. The van der Waals surface area contributed by atoms with Crippen molar-refractivity contribution in [1.29, 1.82) is 0 Å². The van der Waals surface area contributed by atoms with Crippen molar-refractivity contribution in [1.82, 2.24) is 4.98 Å². The highest BCUT2D eigenvalue weighted by molar-refractivity contribution is 4.94. The van der Waals surface area contributed by atoms with Crippen molar-refractivity contribution < 1.29 is 9.67 Å². The first-order chi connectivity index (χ1) is 5.33. The van der Waals surface area contributed by atoms with Crippen molar-refractivity contribution >= 4 is 0 Å². The minimum absolute atomic E-state index is 0.0112. The van der Waals surface area contributed by atoms with Crippen LogP contribution in [0.4, 0.5) is 0 Å². The summed E-state index contributed by atoms with van der Waals surface area (Å²) in [6.45, 7) is -0.0112. The van der Waals surface area contributed by atoms with Crippen molar-refractivity contribution in [3.63, 3.8) is 0 Å². The van der Waals surface area contributed by atoms with Gasteiger partial charge < -0.3 is 0 Å². The lowest BCUT2D eigenvalue weighted by Crippen LogP contribution is -2.27. The van der Waals surface area contributed by atoms with Crippen LogP contribution in [-0.4, -0.2) is 11.6 Å². The topological polar surface area (TPSA) is 36.7 Å². The molecule has 1 heterocycles. The molecule has 0 aromatic carbocycles. The first kappa shape index (κ1) is 8.14. The average molecular weight is 152 g/mol. The van der Waals surface area contributed by atoms with Crippen LogP contribution in [0.5, 0.6) is 0 Å². The fourth-order valence-corrected chi connectivity index (χ4v) is 0.852. The van der Waals surface area contributed by atoms with Crippen molar-refractivity contribution in [3.05, 3.63) is 24.3 Å². The smallest absolute Gasteiger partial charge is 0.240 e. The molecule has 0 saturated carbocycles. The molecule has 0 atom stereocenters. The van der Waals surface area contributed by atoms with Crippen LogP contribution in [0.25, 0.3) is 0 Å². The molecule has 1 radical (unpaired) electrons. The Morgan fingerprint density at radius 3 is 3.00 bits per heavy atom. The zero-order valence-electron chi connectivity index (χ0n) is 6.66. The van der Waals surface area contributed by atoms with Crippen LogP contribution in [0.2, 0.25) is 0 Å². The van der Waals surface area contributed by atoms with Crippen LogP contribution in [-0.2, 0) is 18.6 Å². The van der Waals surface area contributed by atoms with Gasteiger partial charge in [-0.3, -0.25) is 0 Å². The molecular formula is C8H12N2O+. The molecule has 1 aromatic heterocycles. The summed E-state index contributed by atoms with van der Waals surface area (Å²) in [7, 11) is 1.92. The predicted molar refractivity (Wildman–Crippen MR) is 39.3 cm³/mol. The van der Waals surface area contributed by atoms with Gasteiger partial charge in [-0.15, -0.1) is 0 Å². The molecule has 0 bridgehead atoms. The quantitative estimate of drug-likeness (QED) is 0.573. The van der Waals surface area contributed by atoms with E-state index >= 15 is 0 Å². The Morgan fingerprint density at radius 1 is 1.64 bits per heavy atom. The van der Waals surface area contributed by atoms with E-state index in [2.05, 4.69) is 4.98 Å². The Hall–Kier alpha value is -0.960. The van der Waals surface area contributed by atoms with Gasteiger partial charge in [-0.05, 0) is 6.42 Å². The molecule has 0 amide bonds. The lowest BCUT2D eigenvalue weighted by atomic mass is 10.2. The number of hydrogen-bond donors (Lipinski definition) is 0. The Kier molecular flexibility index (Phi) is 2.98. The lowest BCUT2D eigenvalue weighted by Gasteiger charge is -1.91. The Morgan fingerprint density at radius 2 is 2.45 bits per heavy atom. The fourth-order valence-electron chi connectivity index (χ4n) is 0.852. The van der Waals surface area contributed by atoms with Gasteiger partial charge in [0.1, 0.15) is 0 Å². The second kappa shape index (κ2) is 4.03. The molecule has 0 fully saturated rings. The van der Waals surface area contributed by atoms with Crippen molar-refractivity contribution in [3.8, 4) is 0 Å². The van der Waals surface area contributed by atoms with Gasteiger partial charge in [0.25, 0.3) is 6.33 Å². The highest BCUT2D eigenvalue weighted by Gasteiger charge is 1.99. The zero-order valence-corrected chi connectivity index (χ0v) is 6.66. The molecule has 1 rings (SSSR count). The first-order valence-corrected chi connectivity index (χ1v) is 3.71. The van der Waals surface area contributed by atoms with Crippen LogP contribution in [0.15, 0.2) is 18.6 Å². The Balaban J connectivity index is 2.52. The standard InChI is InChI=1S/C8H12N2O/c1-10-5-4-8(9-7-10)3-2-6-11/h4-5,7H,2-3,6H2,1H3/q+1. The van der Waals surface area contributed by atoms with E-state index in [1.54, 1.807) is 6.33 Å². The van der Waals surface area contributed by atoms with Gasteiger partial charge in [0.15, 0.2) is 5.69 Å². The van der Waals surface area contributed by atoms with Crippen molar-refractivity contribution in [2.45, 2.75) is 12.8 Å². The highest BCUT2D eigenvalue weighted by atomic mass is 16.2. The van der Waals surface area contributed by atoms with E-state index < -0.39 is 0 Å². The van der Waals surface area contributed by atoms with Crippen LogP contribution >= 0.6 is 0 Å². The molecule has 3 heteroatoms. The van der Waals surface area contributed by atoms with Gasteiger partial charge >= 0.3 is 0 Å². The molecule has 11 heavy (non-hydrogen) atoms. The minimum Gasteiger partial charge on any atom is -0.240 e. The van der Waals surface area contributed by atoms with Crippen LogP contribution in [0.3, 0.4) is 0 Å². The van der Waals surface area contributed by atoms with E-state index in [0.717, 1.165) is 12.1 Å². The van der Waals surface area contributed by atoms with Gasteiger partial charge in [0.05, 0.1) is 19.9 Å². The van der Waals surface area contributed by atoms with E-state index in [1.807, 2.05) is 23.9 Å². The molecule has 59 valence electrons. The number of aromatic nitrogens is 2. The molecule has 0 aliphatic carbocycles. The third-order valence-electron chi connectivity index (χ3n) is 1.49. The molecule has 0 unspecified atom stereocenters. The third kappa shape index (κ3) is 2.63. The zero-order chi connectivity index (χ0) is 8.10. The molecule has 0 N–H and O–H groups in total. The summed E-state index contributed by atoms with van der Waals surface area (Å²) in [5.41, 5.74) is 0.999. The van der Waals surface area contributed by atoms with Gasteiger partial charge in [0, 0.05) is 12.5 Å². The summed E-state index contributed by atoms with van der Waals surface area (Å²) in [4.78, 5) is 4.14. The predicted octanol–water partition coefficient (Wildman–Crippen LogP) is 0.269. The molecule has 0 saturated heterocycles. The summed E-state index contributed by atoms with van der Waals surface area (Å²) >= 11 is 0. The van der Waals surface area contributed by atoms with Gasteiger partial charge in [-0.25, -0.2) is 9.67 Å². The summed E-state index contributed by atoms with van der Waals surface area (Å²) in [5, 5.41) is 10.1. The second-order valence-electron chi connectivity index (χ2n) is 2.52. The Bertz CT molecular complexity index is 208. The molecule has 3 nitrogen and oxygen atoms in total. The van der Waals surface area contributed by atoms with Gasteiger partial charge in [-0.2, -0.15) is 0 Å². The summed E-state index contributed by atoms with van der Waals surface area (Å²) in [6, 6.07) is 1.94. The number of nitrogens with zero attached hydrogens (tertiary/aromatic N) is 2. The normalized spacial score (nSPS) is 10.0. The lowest BCUT2D eigenvalue weighted by molar-refractivity contribution is -0.674. The maximum absolute atomic E-state index is 10.1. The fraction of sp³-hybridized carbons (Fsp3) is 0.500. The number of hydrogen-bond acceptors (Lipinski definition) is 1. The van der Waals surface area contributed by atoms with Gasteiger partial charge in [0.2, 0.25) is 0 Å². The van der Waals surface area contributed by atoms with Crippen LogP contribution < -0.4 is 4.57 Å². The van der Waals surface area contributed by atoms with E-state index in [4.69, 9.17) is 0 Å². The maximum Gasteiger partial charge on any atom is 0.286 e. The van der Waals surface area contributed by atoms with E-state index in [9.17, 15) is 5.11 Å². The van der Waals surface area contributed by atoms with Crippen molar-refractivity contribution in [2.24, 2.45) is 7.05 Å². The Labute approximate surface area is 66.3 Å². The monoisotopic (exact) mass is 152 g/mol.